The van der Waals surface area contributed by atoms with Crippen molar-refractivity contribution in [3.05, 3.63) is 40.8 Å². The Kier molecular flexibility index (Phi) is 3.06. The van der Waals surface area contributed by atoms with Crippen molar-refractivity contribution >= 4 is 19.0 Å². The maximum atomic E-state index is 11.1. The standard InChI is InChI=1S/C13H16O3Si/c1-17(2,3)9-15-11-6-4-10-5-7-13(14)16-12(10)8-11/h4-8H,9H2,1-3H3. The van der Waals surface area contributed by atoms with Crippen molar-refractivity contribution in [2.24, 2.45) is 0 Å². The highest BCUT2D eigenvalue weighted by atomic mass is 28.3. The number of hydrogen-bond acceptors (Lipinski definition) is 3. The third-order valence-electron chi connectivity index (χ3n) is 2.27. The maximum absolute atomic E-state index is 11.1. The molecule has 0 bridgehead atoms. The Hall–Kier alpha value is -1.55. The Morgan fingerprint density at radius 1 is 1.18 bits per heavy atom. The lowest BCUT2D eigenvalue weighted by atomic mass is 10.2. The predicted octanol–water partition coefficient (Wildman–Crippen LogP) is 3.05. The van der Waals surface area contributed by atoms with Crippen molar-refractivity contribution < 1.29 is 9.15 Å². The van der Waals surface area contributed by atoms with Gasteiger partial charge in [-0.2, -0.15) is 0 Å². The summed E-state index contributed by atoms with van der Waals surface area (Å²) in [5.74, 6) is 0.759. The summed E-state index contributed by atoms with van der Waals surface area (Å²) in [5.41, 5.74) is 0.241. The van der Waals surface area contributed by atoms with Crippen LogP contribution >= 0.6 is 0 Å². The number of hydrogen-bond donors (Lipinski definition) is 0. The molecule has 90 valence electrons. The zero-order chi connectivity index (χ0) is 12.5. The van der Waals surface area contributed by atoms with Gasteiger partial charge in [-0.3, -0.25) is 0 Å². The van der Waals surface area contributed by atoms with Gasteiger partial charge in [-0.15, -0.1) is 0 Å². The lowest BCUT2D eigenvalue weighted by molar-refractivity contribution is 0.377. The summed E-state index contributed by atoms with van der Waals surface area (Å²) >= 11 is 0. The van der Waals surface area contributed by atoms with Gasteiger partial charge < -0.3 is 9.15 Å². The molecule has 0 N–H and O–H groups in total. The molecular weight excluding hydrogens is 232 g/mol. The van der Waals surface area contributed by atoms with Crippen molar-refractivity contribution in [1.29, 1.82) is 0 Å². The van der Waals surface area contributed by atoms with Crippen LogP contribution < -0.4 is 10.4 Å². The van der Waals surface area contributed by atoms with E-state index in [1.165, 1.54) is 6.07 Å². The minimum absolute atomic E-state index is 0.333. The number of fused-ring (bicyclic) bond motifs is 1. The molecule has 0 saturated heterocycles. The molecule has 0 radical (unpaired) electrons. The first-order valence-electron chi connectivity index (χ1n) is 5.61. The van der Waals surface area contributed by atoms with Crippen LogP contribution in [0.2, 0.25) is 19.6 Å². The van der Waals surface area contributed by atoms with Gasteiger partial charge in [0.2, 0.25) is 0 Å². The minimum Gasteiger partial charge on any atom is -0.497 e. The van der Waals surface area contributed by atoms with Crippen LogP contribution in [-0.2, 0) is 0 Å². The van der Waals surface area contributed by atoms with Crippen LogP contribution in [0.1, 0.15) is 0 Å². The molecule has 1 aromatic carbocycles. The van der Waals surface area contributed by atoms with E-state index < -0.39 is 8.07 Å². The molecule has 1 aromatic heterocycles. The van der Waals surface area contributed by atoms with Crippen LogP contribution in [0, 0.1) is 0 Å². The quantitative estimate of drug-likeness (QED) is 0.619. The Morgan fingerprint density at radius 3 is 2.59 bits per heavy atom. The fraction of sp³-hybridized carbons (Fsp3) is 0.308. The highest BCUT2D eigenvalue weighted by Crippen LogP contribution is 2.20. The predicted molar refractivity (Wildman–Crippen MR) is 71.3 cm³/mol. The van der Waals surface area contributed by atoms with E-state index in [0.717, 1.165) is 17.4 Å². The van der Waals surface area contributed by atoms with Crippen molar-refractivity contribution in [2.75, 3.05) is 6.23 Å². The fourth-order valence-electron chi connectivity index (χ4n) is 1.43. The van der Waals surface area contributed by atoms with Gasteiger partial charge >= 0.3 is 5.63 Å². The molecule has 0 aliphatic rings. The molecule has 4 heteroatoms. The lowest BCUT2D eigenvalue weighted by Gasteiger charge is -2.16. The number of rotatable bonds is 3. The molecule has 0 amide bonds. The molecule has 0 aliphatic carbocycles. The third-order valence-corrected chi connectivity index (χ3v) is 3.28. The van der Waals surface area contributed by atoms with Gasteiger partial charge in [0, 0.05) is 17.5 Å². The Bertz CT molecular complexity index is 581. The average molecular weight is 248 g/mol. The molecule has 0 spiro atoms. The van der Waals surface area contributed by atoms with Crippen LogP contribution in [0.15, 0.2) is 39.5 Å². The second-order valence-electron chi connectivity index (χ2n) is 5.30. The summed E-state index contributed by atoms with van der Waals surface area (Å²) in [6, 6.07) is 8.76. The highest BCUT2D eigenvalue weighted by Gasteiger charge is 2.14. The van der Waals surface area contributed by atoms with E-state index in [4.69, 9.17) is 9.15 Å². The van der Waals surface area contributed by atoms with E-state index in [1.807, 2.05) is 12.1 Å². The van der Waals surface area contributed by atoms with Gasteiger partial charge in [0.15, 0.2) is 0 Å². The molecule has 0 unspecified atom stereocenters. The summed E-state index contributed by atoms with van der Waals surface area (Å²) in [7, 11) is -1.23. The molecule has 17 heavy (non-hydrogen) atoms. The summed E-state index contributed by atoms with van der Waals surface area (Å²) in [6.45, 7) is 6.73. The van der Waals surface area contributed by atoms with Gasteiger partial charge in [0.05, 0.1) is 14.3 Å². The maximum Gasteiger partial charge on any atom is 0.336 e. The number of ether oxygens (including phenoxy) is 1. The fourth-order valence-corrected chi connectivity index (χ4v) is 2.03. The first kappa shape index (κ1) is 11.9. The van der Waals surface area contributed by atoms with Gasteiger partial charge in [0.25, 0.3) is 0 Å². The largest absolute Gasteiger partial charge is 0.497 e. The zero-order valence-corrected chi connectivity index (χ0v) is 11.3. The van der Waals surface area contributed by atoms with Crippen LogP contribution in [0.4, 0.5) is 0 Å². The highest BCUT2D eigenvalue weighted by molar-refractivity contribution is 6.76. The van der Waals surface area contributed by atoms with Crippen molar-refractivity contribution in [3.8, 4) is 5.75 Å². The van der Waals surface area contributed by atoms with E-state index in [0.29, 0.717) is 5.58 Å². The van der Waals surface area contributed by atoms with Gasteiger partial charge in [-0.25, -0.2) is 4.79 Å². The Labute approximate surface area is 101 Å². The topological polar surface area (TPSA) is 39.4 Å². The van der Waals surface area contributed by atoms with Crippen LogP contribution in [0.25, 0.3) is 11.0 Å². The first-order chi connectivity index (χ1) is 7.94. The molecule has 0 atom stereocenters. The molecule has 2 aromatic rings. The SMILES string of the molecule is C[Si](C)(C)COc1ccc2ccc(=O)oc2c1. The van der Waals surface area contributed by atoms with Crippen LogP contribution in [-0.4, -0.2) is 14.3 Å². The third kappa shape index (κ3) is 3.20. The second-order valence-corrected chi connectivity index (χ2v) is 10.7. The molecular formula is C13H16O3Si. The van der Waals surface area contributed by atoms with Crippen LogP contribution in [0.3, 0.4) is 0 Å². The summed E-state index contributed by atoms with van der Waals surface area (Å²) < 4.78 is 10.8. The molecule has 1 heterocycles. The Balaban J connectivity index is 2.28. The van der Waals surface area contributed by atoms with E-state index in [2.05, 4.69) is 19.6 Å². The molecule has 0 fully saturated rings. The van der Waals surface area contributed by atoms with Crippen molar-refractivity contribution in [3.63, 3.8) is 0 Å². The van der Waals surface area contributed by atoms with E-state index in [-0.39, 0.29) is 5.63 Å². The van der Waals surface area contributed by atoms with E-state index >= 15 is 0 Å². The normalized spacial score (nSPS) is 11.7. The summed E-state index contributed by atoms with van der Waals surface area (Å²) in [5, 5.41) is 0.907. The van der Waals surface area contributed by atoms with Gasteiger partial charge in [0.1, 0.15) is 11.3 Å². The van der Waals surface area contributed by atoms with Gasteiger partial charge in [-0.1, -0.05) is 19.6 Å². The molecule has 0 aliphatic heterocycles. The average Bonchev–Trinajstić information content (AvgIpc) is 2.24. The smallest absolute Gasteiger partial charge is 0.336 e. The van der Waals surface area contributed by atoms with Crippen molar-refractivity contribution in [1.82, 2.24) is 0 Å². The first-order valence-corrected chi connectivity index (χ1v) is 9.31. The summed E-state index contributed by atoms with van der Waals surface area (Å²) in [4.78, 5) is 11.1. The molecule has 2 rings (SSSR count). The lowest BCUT2D eigenvalue weighted by Crippen LogP contribution is -2.29. The minimum atomic E-state index is -1.23. The molecule has 3 nitrogen and oxygen atoms in total. The Morgan fingerprint density at radius 2 is 1.88 bits per heavy atom. The van der Waals surface area contributed by atoms with Crippen LogP contribution in [0.5, 0.6) is 5.75 Å². The molecule has 0 saturated carbocycles. The van der Waals surface area contributed by atoms with Gasteiger partial charge in [-0.05, 0) is 18.2 Å². The van der Waals surface area contributed by atoms with E-state index in [1.54, 1.807) is 12.1 Å². The monoisotopic (exact) mass is 248 g/mol. The van der Waals surface area contributed by atoms with E-state index in [9.17, 15) is 4.79 Å². The van der Waals surface area contributed by atoms with Crippen molar-refractivity contribution in [2.45, 2.75) is 19.6 Å². The zero-order valence-electron chi connectivity index (χ0n) is 10.3. The number of benzene rings is 1. The summed E-state index contributed by atoms with van der Waals surface area (Å²) in [6.07, 6.45) is 0.759. The second kappa shape index (κ2) is 4.37.